The lowest BCUT2D eigenvalue weighted by Crippen LogP contribution is -2.36. The van der Waals surface area contributed by atoms with Crippen LogP contribution in [0, 0.1) is 11.8 Å². The largest absolute Gasteiger partial charge is 0.330 e. The van der Waals surface area contributed by atoms with Gasteiger partial charge in [0.2, 0.25) is 0 Å². The van der Waals surface area contributed by atoms with Crippen molar-refractivity contribution in [1.29, 1.82) is 0 Å². The Morgan fingerprint density at radius 3 is 2.00 bits per heavy atom. The van der Waals surface area contributed by atoms with Crippen molar-refractivity contribution in [1.82, 2.24) is 4.90 Å². The molecule has 0 fully saturated rings. The van der Waals surface area contributed by atoms with Crippen molar-refractivity contribution >= 4 is 0 Å². The predicted octanol–water partition coefficient (Wildman–Crippen LogP) is 2.34. The molecule has 1 atom stereocenters. The van der Waals surface area contributed by atoms with E-state index in [0.29, 0.717) is 12.0 Å². The summed E-state index contributed by atoms with van der Waals surface area (Å²) >= 11 is 0. The molecule has 0 saturated heterocycles. The van der Waals surface area contributed by atoms with Gasteiger partial charge in [0, 0.05) is 12.6 Å². The van der Waals surface area contributed by atoms with Gasteiger partial charge in [-0.2, -0.15) is 0 Å². The molecular weight excluding hydrogens is 172 g/mol. The summed E-state index contributed by atoms with van der Waals surface area (Å²) in [6.07, 6.45) is 1.22. The molecule has 0 spiro atoms. The van der Waals surface area contributed by atoms with Crippen LogP contribution >= 0.6 is 0 Å². The van der Waals surface area contributed by atoms with Gasteiger partial charge in [-0.15, -0.1) is 0 Å². The van der Waals surface area contributed by atoms with Gasteiger partial charge >= 0.3 is 0 Å². The summed E-state index contributed by atoms with van der Waals surface area (Å²) in [6.45, 7) is 14.5. The Balaban J connectivity index is 3.85. The van der Waals surface area contributed by atoms with E-state index in [2.05, 4.69) is 39.5 Å². The molecule has 0 bridgehead atoms. The molecule has 0 aliphatic carbocycles. The summed E-state index contributed by atoms with van der Waals surface area (Å²) in [5.41, 5.74) is 5.62. The molecule has 86 valence electrons. The third-order valence-corrected chi connectivity index (χ3v) is 2.64. The van der Waals surface area contributed by atoms with Gasteiger partial charge in [0.1, 0.15) is 0 Å². The van der Waals surface area contributed by atoms with Gasteiger partial charge in [0.15, 0.2) is 0 Å². The molecule has 14 heavy (non-hydrogen) atoms. The number of nitrogens with zero attached hydrogens (tertiary/aromatic N) is 1. The van der Waals surface area contributed by atoms with Crippen molar-refractivity contribution in [3.05, 3.63) is 0 Å². The molecule has 0 amide bonds. The van der Waals surface area contributed by atoms with Gasteiger partial charge in [0.05, 0.1) is 0 Å². The van der Waals surface area contributed by atoms with E-state index >= 15 is 0 Å². The highest BCUT2D eigenvalue weighted by Crippen LogP contribution is 2.08. The van der Waals surface area contributed by atoms with Gasteiger partial charge in [-0.25, -0.2) is 0 Å². The Bertz CT molecular complexity index is 132. The summed E-state index contributed by atoms with van der Waals surface area (Å²) in [4.78, 5) is 2.55. The first-order chi connectivity index (χ1) is 6.47. The van der Waals surface area contributed by atoms with Crippen molar-refractivity contribution in [3.63, 3.8) is 0 Å². The van der Waals surface area contributed by atoms with Crippen LogP contribution in [0.15, 0.2) is 0 Å². The van der Waals surface area contributed by atoms with Gasteiger partial charge in [0.25, 0.3) is 0 Å². The molecule has 0 aromatic heterocycles. The van der Waals surface area contributed by atoms with Crippen LogP contribution in [-0.4, -0.2) is 30.6 Å². The molecule has 0 aromatic carbocycles. The summed E-state index contributed by atoms with van der Waals surface area (Å²) in [5, 5.41) is 0. The van der Waals surface area contributed by atoms with Gasteiger partial charge in [-0.05, 0) is 45.2 Å². The Hall–Kier alpha value is -0.0800. The van der Waals surface area contributed by atoms with E-state index in [1.165, 1.54) is 19.5 Å². The number of hydrogen-bond acceptors (Lipinski definition) is 2. The van der Waals surface area contributed by atoms with Crippen LogP contribution in [0.5, 0.6) is 0 Å². The van der Waals surface area contributed by atoms with E-state index < -0.39 is 0 Å². The van der Waals surface area contributed by atoms with E-state index in [9.17, 15) is 0 Å². The van der Waals surface area contributed by atoms with Crippen LogP contribution in [-0.2, 0) is 0 Å². The van der Waals surface area contributed by atoms with Crippen LogP contribution in [0.2, 0.25) is 0 Å². The Labute approximate surface area is 89.9 Å². The Kier molecular flexibility index (Phi) is 7.20. The molecule has 0 aliphatic rings. The SMILES string of the molecule is CC(C)CN(CCC(C)CN)C(C)C. The zero-order valence-electron chi connectivity index (χ0n) is 10.6. The molecule has 0 heterocycles. The maximum Gasteiger partial charge on any atom is 0.00387 e. The molecule has 0 aromatic rings. The fourth-order valence-corrected chi connectivity index (χ4v) is 1.53. The fraction of sp³-hybridized carbons (Fsp3) is 1.00. The zero-order chi connectivity index (χ0) is 11.1. The molecule has 0 rings (SSSR count). The summed E-state index contributed by atoms with van der Waals surface area (Å²) in [5.74, 6) is 1.41. The third-order valence-electron chi connectivity index (χ3n) is 2.64. The van der Waals surface area contributed by atoms with E-state index in [1.54, 1.807) is 0 Å². The smallest absolute Gasteiger partial charge is 0.00387 e. The number of rotatable bonds is 7. The summed E-state index contributed by atoms with van der Waals surface area (Å²) < 4.78 is 0. The zero-order valence-corrected chi connectivity index (χ0v) is 10.6. The normalized spacial score (nSPS) is 14.4. The average molecular weight is 200 g/mol. The van der Waals surface area contributed by atoms with Crippen molar-refractivity contribution in [2.75, 3.05) is 19.6 Å². The van der Waals surface area contributed by atoms with Crippen LogP contribution in [0.1, 0.15) is 41.0 Å². The maximum absolute atomic E-state index is 5.62. The van der Waals surface area contributed by atoms with Crippen LogP contribution in [0.3, 0.4) is 0 Å². The van der Waals surface area contributed by atoms with E-state index in [4.69, 9.17) is 5.73 Å². The highest BCUT2D eigenvalue weighted by Gasteiger charge is 2.11. The summed E-state index contributed by atoms with van der Waals surface area (Å²) in [6, 6.07) is 0.655. The highest BCUT2D eigenvalue weighted by atomic mass is 15.1. The second-order valence-corrected chi connectivity index (χ2v) is 5.11. The molecule has 2 nitrogen and oxygen atoms in total. The van der Waals surface area contributed by atoms with E-state index in [0.717, 1.165) is 12.5 Å². The van der Waals surface area contributed by atoms with Crippen molar-refractivity contribution < 1.29 is 0 Å². The topological polar surface area (TPSA) is 29.3 Å². The second-order valence-electron chi connectivity index (χ2n) is 5.11. The van der Waals surface area contributed by atoms with E-state index in [1.807, 2.05) is 0 Å². The van der Waals surface area contributed by atoms with Crippen molar-refractivity contribution in [2.45, 2.75) is 47.1 Å². The molecule has 0 radical (unpaired) electrons. The minimum atomic E-state index is 0.655. The third kappa shape index (κ3) is 6.39. The van der Waals surface area contributed by atoms with Crippen LogP contribution in [0.4, 0.5) is 0 Å². The average Bonchev–Trinajstić information content (AvgIpc) is 2.10. The molecular formula is C12H28N2. The molecule has 0 aliphatic heterocycles. The second kappa shape index (κ2) is 7.24. The molecule has 0 saturated carbocycles. The Morgan fingerprint density at radius 2 is 1.64 bits per heavy atom. The van der Waals surface area contributed by atoms with Crippen LogP contribution < -0.4 is 5.73 Å². The van der Waals surface area contributed by atoms with Gasteiger partial charge < -0.3 is 10.6 Å². The highest BCUT2D eigenvalue weighted by molar-refractivity contribution is 4.66. The minimum absolute atomic E-state index is 0.655. The lowest BCUT2D eigenvalue weighted by Gasteiger charge is -2.29. The number of hydrogen-bond donors (Lipinski definition) is 1. The monoisotopic (exact) mass is 200 g/mol. The lowest BCUT2D eigenvalue weighted by molar-refractivity contribution is 0.186. The van der Waals surface area contributed by atoms with Crippen molar-refractivity contribution in [3.8, 4) is 0 Å². The fourth-order valence-electron chi connectivity index (χ4n) is 1.53. The molecule has 2 heteroatoms. The first-order valence-electron chi connectivity index (χ1n) is 5.91. The van der Waals surface area contributed by atoms with Crippen molar-refractivity contribution in [2.24, 2.45) is 17.6 Å². The standard InChI is InChI=1S/C12H28N2/c1-10(2)9-14(11(3)4)7-6-12(5)8-13/h10-12H,6-9,13H2,1-5H3. The molecule has 1 unspecified atom stereocenters. The van der Waals surface area contributed by atoms with Crippen LogP contribution in [0.25, 0.3) is 0 Å². The first-order valence-corrected chi connectivity index (χ1v) is 5.91. The molecule has 2 N–H and O–H groups in total. The maximum atomic E-state index is 5.62. The van der Waals surface area contributed by atoms with E-state index in [-0.39, 0.29) is 0 Å². The van der Waals surface area contributed by atoms with Gasteiger partial charge in [-0.3, -0.25) is 0 Å². The summed E-state index contributed by atoms with van der Waals surface area (Å²) in [7, 11) is 0. The predicted molar refractivity (Wildman–Crippen MR) is 64.4 cm³/mol. The van der Waals surface area contributed by atoms with Gasteiger partial charge in [-0.1, -0.05) is 20.8 Å². The first kappa shape index (κ1) is 13.9. The minimum Gasteiger partial charge on any atom is -0.330 e. The number of nitrogens with two attached hydrogens (primary N) is 1. The lowest BCUT2D eigenvalue weighted by atomic mass is 10.1. The Morgan fingerprint density at radius 1 is 1.07 bits per heavy atom. The quantitative estimate of drug-likeness (QED) is 0.683.